The zero-order valence-electron chi connectivity index (χ0n) is 33.8. The maximum atomic E-state index is 16.3. The van der Waals surface area contributed by atoms with E-state index in [0.717, 1.165) is 0 Å². The molecule has 1 saturated heterocycles. The molecular weight excluding hydrogens is 801 g/mol. The molecule has 324 valence electrons. The number of carbonyl (C=O) groups excluding carboxylic acids is 4. The number of methoxy groups -OCH3 is 1. The van der Waals surface area contributed by atoms with Crippen LogP contribution >= 0.6 is 0 Å². The molecule has 1 aromatic heterocycles. The van der Waals surface area contributed by atoms with Crippen LogP contribution in [0.15, 0.2) is 18.2 Å². The number of halogens is 4. The van der Waals surface area contributed by atoms with E-state index in [2.05, 4.69) is 9.97 Å². The van der Waals surface area contributed by atoms with Gasteiger partial charge in [0.15, 0.2) is 11.5 Å². The molecule has 2 amide bonds. The average molecular weight is 853 g/mol. The van der Waals surface area contributed by atoms with Crippen molar-refractivity contribution in [2.75, 3.05) is 13.7 Å². The van der Waals surface area contributed by atoms with Gasteiger partial charge in [-0.15, -0.1) is 0 Å². The minimum Gasteiger partial charge on any atom is -0.497 e. The van der Waals surface area contributed by atoms with Crippen LogP contribution in [-0.2, 0) is 39.9 Å². The quantitative estimate of drug-likeness (QED) is 0.228. The number of nitrogens with one attached hydrogen (secondary N) is 1. The van der Waals surface area contributed by atoms with Crippen molar-refractivity contribution in [2.24, 2.45) is 34.5 Å². The number of hydrogen-bond acceptors (Lipinski definition) is 11. The van der Waals surface area contributed by atoms with Crippen molar-refractivity contribution in [1.29, 1.82) is 0 Å². The van der Waals surface area contributed by atoms with E-state index in [9.17, 15) is 36.4 Å². The van der Waals surface area contributed by atoms with Crippen molar-refractivity contribution in [3.63, 3.8) is 0 Å². The summed E-state index contributed by atoms with van der Waals surface area (Å²) in [5.74, 6) is -10.6. The van der Waals surface area contributed by atoms with E-state index in [1.54, 1.807) is 33.8 Å². The summed E-state index contributed by atoms with van der Waals surface area (Å²) < 4.78 is 106. The first-order chi connectivity index (χ1) is 27.7. The molecule has 0 unspecified atom stereocenters. The number of rotatable bonds is 9. The Labute approximate surface area is 340 Å². The molecule has 3 aliphatic carbocycles. The molecule has 2 bridgehead atoms. The van der Waals surface area contributed by atoms with Crippen LogP contribution in [0.5, 0.6) is 11.6 Å². The van der Waals surface area contributed by atoms with Crippen LogP contribution in [0.2, 0.25) is 0 Å². The third-order valence-corrected chi connectivity index (χ3v) is 14.7. The minimum absolute atomic E-state index is 0.0143. The topological polar surface area (TPSA) is 171 Å². The number of amides is 2. The number of alkyl halides is 4. The number of Topliss-reactive ketones (excluding diaryl/α,β-unsaturated/α-hetero) is 1. The molecule has 3 saturated carbocycles. The zero-order valence-corrected chi connectivity index (χ0v) is 34.7. The summed E-state index contributed by atoms with van der Waals surface area (Å²) in [6.45, 7) is 6.58. The largest absolute Gasteiger partial charge is 0.497 e. The Morgan fingerprint density at radius 3 is 2.41 bits per heavy atom. The lowest BCUT2D eigenvalue weighted by molar-refractivity contribution is -0.154. The highest BCUT2D eigenvalue weighted by Crippen LogP contribution is 2.59. The van der Waals surface area contributed by atoms with Gasteiger partial charge in [-0.3, -0.25) is 23.9 Å². The first-order valence-electron chi connectivity index (χ1n) is 20.5. The highest BCUT2D eigenvalue weighted by molar-refractivity contribution is 7.90. The highest BCUT2D eigenvalue weighted by atomic mass is 32.2. The first kappa shape index (κ1) is 43.0. The lowest BCUT2D eigenvalue weighted by Gasteiger charge is -2.35. The monoisotopic (exact) mass is 852 g/mol. The van der Waals surface area contributed by atoms with Gasteiger partial charge in [-0.05, 0) is 68.4 Å². The minimum atomic E-state index is -4.17. The second kappa shape index (κ2) is 15.7. The van der Waals surface area contributed by atoms with Gasteiger partial charge in [0.25, 0.3) is 5.92 Å². The van der Waals surface area contributed by atoms with Crippen LogP contribution in [-0.4, -0.2) is 90.4 Å². The maximum Gasteiger partial charge on any atom is 0.306 e. The van der Waals surface area contributed by atoms with E-state index in [-0.39, 0.29) is 42.8 Å². The van der Waals surface area contributed by atoms with Crippen molar-refractivity contribution >= 4 is 44.6 Å². The zero-order chi connectivity index (χ0) is 42.8. The molecule has 5 aliphatic rings. The van der Waals surface area contributed by atoms with Gasteiger partial charge in [-0.2, -0.15) is 8.78 Å². The normalized spacial score (nSPS) is 31.3. The van der Waals surface area contributed by atoms with E-state index >= 15 is 8.78 Å². The molecule has 1 aromatic carbocycles. The number of sulfonamides is 1. The van der Waals surface area contributed by atoms with Gasteiger partial charge < -0.3 is 19.1 Å². The molecular formula is C41H52F4N4O9S. The van der Waals surface area contributed by atoms with Crippen molar-refractivity contribution in [3.05, 3.63) is 23.9 Å². The lowest BCUT2D eigenvalue weighted by atomic mass is 9.77. The van der Waals surface area contributed by atoms with Gasteiger partial charge in [0.2, 0.25) is 34.1 Å². The summed E-state index contributed by atoms with van der Waals surface area (Å²) >= 11 is 0. The summed E-state index contributed by atoms with van der Waals surface area (Å²) in [5.41, 5.74) is -3.34. The number of aromatic nitrogens is 2. The SMILES string of the molecule is CC[C@@H]1[C@@H]2CN(C(=O)[C@H](C(C)(C)C)CC(=O)O[C@@H]3C[C@H]3CCCCC(F)(F)c3nc4ccc(OC)cc4nc3O2)[C@@H]1C(=O)C[C@]1(C(=O)NS(=O)(=O)C2CC2)C[C@H]1C(F)F. The maximum absolute atomic E-state index is 16.3. The van der Waals surface area contributed by atoms with Gasteiger partial charge in [-0.25, -0.2) is 27.2 Å². The molecule has 13 nitrogen and oxygen atoms in total. The van der Waals surface area contributed by atoms with Crippen LogP contribution in [0.4, 0.5) is 17.6 Å². The Hall–Kier alpha value is -4.09. The predicted octanol–water partition coefficient (Wildman–Crippen LogP) is 6.11. The molecule has 8 atom stereocenters. The van der Waals surface area contributed by atoms with E-state index < -0.39 is 129 Å². The Balaban J connectivity index is 1.30. The Kier molecular flexibility index (Phi) is 11.5. The average Bonchev–Trinajstić information content (AvgIpc) is 4.07. The molecule has 4 fully saturated rings. The summed E-state index contributed by atoms with van der Waals surface area (Å²) in [5, 5.41) is -0.838. The fourth-order valence-electron chi connectivity index (χ4n) is 8.94. The number of benzene rings is 1. The van der Waals surface area contributed by atoms with Crippen LogP contribution in [0, 0.1) is 34.5 Å². The van der Waals surface area contributed by atoms with Crippen molar-refractivity contribution in [1.82, 2.24) is 19.6 Å². The fraction of sp³-hybridized carbons (Fsp3) is 0.707. The summed E-state index contributed by atoms with van der Waals surface area (Å²) in [7, 11) is -2.74. The van der Waals surface area contributed by atoms with E-state index in [1.165, 1.54) is 24.1 Å². The Morgan fingerprint density at radius 2 is 1.78 bits per heavy atom. The fourth-order valence-corrected chi connectivity index (χ4v) is 10.3. The Morgan fingerprint density at radius 1 is 1.05 bits per heavy atom. The number of carbonyl (C=O) groups is 4. The second-order valence-electron chi connectivity index (χ2n) is 18.1. The lowest BCUT2D eigenvalue weighted by Crippen LogP contribution is -2.50. The standard InChI is InChI=1S/C41H52F4N4O9S/c1-6-24-31-20-49(33(24)29(50)19-40(18-26(40)35(42)43)38(53)48-59(54,55)23-11-12-23)37(52)25(39(2,3)4)17-32(51)57-30-15-21(30)9-7-8-14-41(44,45)34-36(58-31)47-28-16-22(56-5)10-13-27(28)46-34/h10,13,16,21,23-26,30-31,33,35H,6-9,11-12,14-15,17-20H2,1-5H3,(H,48,53)/t21-,24-,25-,26+,30-,31+,33+,40-/m1/s1. The van der Waals surface area contributed by atoms with E-state index in [0.29, 0.717) is 37.9 Å². The highest BCUT2D eigenvalue weighted by Gasteiger charge is 2.66. The Bertz CT molecular complexity index is 2110. The van der Waals surface area contributed by atoms with Crippen LogP contribution in [0.1, 0.15) is 104 Å². The molecule has 3 heterocycles. The molecule has 18 heteroatoms. The molecule has 0 spiro atoms. The number of nitrogens with zero attached hydrogens (tertiary/aromatic N) is 3. The molecule has 1 N–H and O–H groups in total. The molecule has 59 heavy (non-hydrogen) atoms. The summed E-state index contributed by atoms with van der Waals surface area (Å²) in [6, 6.07) is 3.13. The van der Waals surface area contributed by atoms with Crippen LogP contribution in [0.25, 0.3) is 11.0 Å². The third kappa shape index (κ3) is 8.74. The molecule has 0 radical (unpaired) electrons. The number of esters is 1. The van der Waals surface area contributed by atoms with Crippen molar-refractivity contribution < 1.29 is 59.4 Å². The van der Waals surface area contributed by atoms with Gasteiger partial charge in [0.1, 0.15) is 18.0 Å². The number of hydrogen-bond donors (Lipinski definition) is 1. The second-order valence-corrected chi connectivity index (χ2v) is 20.1. The van der Waals surface area contributed by atoms with Crippen LogP contribution in [0.3, 0.4) is 0 Å². The third-order valence-electron chi connectivity index (χ3n) is 12.9. The van der Waals surface area contributed by atoms with Gasteiger partial charge >= 0.3 is 5.97 Å². The number of fused-ring (bicyclic) bond motifs is 5. The molecule has 7 rings (SSSR count). The van der Waals surface area contributed by atoms with E-state index in [1.807, 2.05) is 4.72 Å². The number of ketones is 1. The van der Waals surface area contributed by atoms with Gasteiger partial charge in [0, 0.05) is 30.7 Å². The molecule has 2 aromatic rings. The predicted molar refractivity (Wildman–Crippen MR) is 204 cm³/mol. The van der Waals surface area contributed by atoms with Crippen molar-refractivity contribution in [2.45, 2.75) is 134 Å². The first-order valence-corrected chi connectivity index (χ1v) is 22.0. The summed E-state index contributed by atoms with van der Waals surface area (Å²) in [6.07, 6.45) is -4.47. The van der Waals surface area contributed by atoms with E-state index in [4.69, 9.17) is 14.2 Å². The van der Waals surface area contributed by atoms with Crippen LogP contribution < -0.4 is 14.2 Å². The van der Waals surface area contributed by atoms with Crippen molar-refractivity contribution in [3.8, 4) is 11.6 Å². The summed E-state index contributed by atoms with van der Waals surface area (Å²) in [4.78, 5) is 66.7. The molecule has 2 aliphatic heterocycles. The smallest absolute Gasteiger partial charge is 0.306 e. The van der Waals surface area contributed by atoms with Gasteiger partial charge in [0.05, 0.1) is 53.7 Å². The van der Waals surface area contributed by atoms with Gasteiger partial charge in [-0.1, -0.05) is 34.1 Å². The number of ether oxygens (including phenoxy) is 3.